The van der Waals surface area contributed by atoms with E-state index in [-0.39, 0.29) is 0 Å². The van der Waals surface area contributed by atoms with Crippen molar-refractivity contribution in [3.8, 4) is 11.5 Å². The van der Waals surface area contributed by atoms with E-state index in [1.807, 2.05) is 25.2 Å². The lowest BCUT2D eigenvalue weighted by molar-refractivity contribution is 0.398. The van der Waals surface area contributed by atoms with E-state index in [2.05, 4.69) is 4.57 Å². The summed E-state index contributed by atoms with van der Waals surface area (Å²) in [6.07, 6.45) is 0. The Morgan fingerprint density at radius 2 is 1.94 bits per heavy atom. The van der Waals surface area contributed by atoms with Crippen LogP contribution in [0.3, 0.4) is 0 Å². The minimum atomic E-state index is 0.511. The molecule has 86 valence electrons. The molecule has 0 atom stereocenters. The van der Waals surface area contributed by atoms with Crippen LogP contribution >= 0.6 is 0 Å². The Kier molecular flexibility index (Phi) is 2.75. The zero-order valence-electron chi connectivity index (χ0n) is 9.78. The average molecular weight is 220 g/mol. The van der Waals surface area contributed by atoms with Gasteiger partial charge in [-0.05, 0) is 6.07 Å². The molecule has 1 aromatic heterocycles. The number of nitrogens with zero attached hydrogens (tertiary/aromatic N) is 1. The first-order valence-corrected chi connectivity index (χ1v) is 5.11. The van der Waals surface area contributed by atoms with Crippen LogP contribution in [0.25, 0.3) is 10.9 Å². The van der Waals surface area contributed by atoms with Crippen LogP contribution in [0.1, 0.15) is 5.69 Å². The van der Waals surface area contributed by atoms with E-state index < -0.39 is 0 Å². The van der Waals surface area contributed by atoms with E-state index in [9.17, 15) is 0 Å². The maximum Gasteiger partial charge on any atom is 0.131 e. The van der Waals surface area contributed by atoms with E-state index in [4.69, 9.17) is 15.2 Å². The van der Waals surface area contributed by atoms with Gasteiger partial charge in [0, 0.05) is 36.8 Å². The van der Waals surface area contributed by atoms with Crippen LogP contribution in [-0.4, -0.2) is 18.8 Å². The number of benzene rings is 1. The van der Waals surface area contributed by atoms with E-state index in [1.54, 1.807) is 14.2 Å². The molecule has 0 aliphatic rings. The number of fused-ring (bicyclic) bond motifs is 1. The van der Waals surface area contributed by atoms with Crippen LogP contribution in [0, 0.1) is 0 Å². The molecule has 0 amide bonds. The Balaban J connectivity index is 2.76. The molecule has 4 heteroatoms. The minimum Gasteiger partial charge on any atom is -0.497 e. The number of methoxy groups -OCH3 is 2. The van der Waals surface area contributed by atoms with Gasteiger partial charge in [0.25, 0.3) is 0 Å². The average Bonchev–Trinajstić information content (AvgIpc) is 2.65. The summed E-state index contributed by atoms with van der Waals surface area (Å²) in [5, 5.41) is 1.06. The Morgan fingerprint density at radius 1 is 1.19 bits per heavy atom. The first-order valence-electron chi connectivity index (χ1n) is 5.11. The van der Waals surface area contributed by atoms with E-state index >= 15 is 0 Å². The summed E-state index contributed by atoms with van der Waals surface area (Å²) in [5.74, 6) is 1.60. The van der Waals surface area contributed by atoms with Crippen molar-refractivity contribution in [3.05, 3.63) is 23.9 Å². The van der Waals surface area contributed by atoms with Crippen molar-refractivity contribution < 1.29 is 9.47 Å². The zero-order chi connectivity index (χ0) is 11.7. The third-order valence-electron chi connectivity index (χ3n) is 2.86. The summed E-state index contributed by atoms with van der Waals surface area (Å²) < 4.78 is 12.6. The first-order chi connectivity index (χ1) is 7.71. The molecule has 0 aliphatic heterocycles. The highest BCUT2D eigenvalue weighted by atomic mass is 16.5. The number of rotatable bonds is 3. The Hall–Kier alpha value is -1.68. The van der Waals surface area contributed by atoms with Gasteiger partial charge in [0.1, 0.15) is 11.5 Å². The van der Waals surface area contributed by atoms with Gasteiger partial charge in [-0.3, -0.25) is 0 Å². The molecular weight excluding hydrogens is 204 g/mol. The molecule has 4 nitrogen and oxygen atoms in total. The van der Waals surface area contributed by atoms with Crippen LogP contribution in [0.4, 0.5) is 0 Å². The molecule has 0 bridgehead atoms. The van der Waals surface area contributed by atoms with Crippen LogP contribution in [-0.2, 0) is 13.6 Å². The smallest absolute Gasteiger partial charge is 0.131 e. The van der Waals surface area contributed by atoms with Crippen molar-refractivity contribution >= 4 is 10.9 Å². The van der Waals surface area contributed by atoms with Gasteiger partial charge in [0.2, 0.25) is 0 Å². The van der Waals surface area contributed by atoms with Crippen molar-refractivity contribution in [3.63, 3.8) is 0 Å². The quantitative estimate of drug-likeness (QED) is 0.855. The molecule has 16 heavy (non-hydrogen) atoms. The van der Waals surface area contributed by atoms with E-state index in [0.717, 1.165) is 28.1 Å². The van der Waals surface area contributed by atoms with Crippen molar-refractivity contribution in [1.29, 1.82) is 0 Å². The fourth-order valence-corrected chi connectivity index (χ4v) is 1.91. The zero-order valence-corrected chi connectivity index (χ0v) is 9.78. The fraction of sp³-hybridized carbons (Fsp3) is 0.333. The highest BCUT2D eigenvalue weighted by Crippen LogP contribution is 2.32. The normalized spacial score (nSPS) is 10.8. The number of ether oxygens (including phenoxy) is 2. The molecule has 0 radical (unpaired) electrons. The number of aromatic nitrogens is 1. The SMILES string of the molecule is COc1cc(OC)c2cc(CN)n(C)c2c1. The molecular formula is C12H16N2O2. The fourth-order valence-electron chi connectivity index (χ4n) is 1.91. The second-order valence-electron chi connectivity index (χ2n) is 3.66. The summed E-state index contributed by atoms with van der Waals surface area (Å²) in [7, 11) is 5.29. The van der Waals surface area contributed by atoms with Crippen LogP contribution in [0.15, 0.2) is 18.2 Å². The molecule has 2 N–H and O–H groups in total. The minimum absolute atomic E-state index is 0.511. The van der Waals surface area contributed by atoms with E-state index in [0.29, 0.717) is 6.54 Å². The van der Waals surface area contributed by atoms with Crippen molar-refractivity contribution in [2.75, 3.05) is 14.2 Å². The Bertz CT molecular complexity index is 517. The molecule has 1 aromatic carbocycles. The van der Waals surface area contributed by atoms with Crippen LogP contribution in [0.5, 0.6) is 11.5 Å². The van der Waals surface area contributed by atoms with Crippen molar-refractivity contribution in [1.82, 2.24) is 4.57 Å². The van der Waals surface area contributed by atoms with Gasteiger partial charge in [-0.1, -0.05) is 0 Å². The van der Waals surface area contributed by atoms with Crippen LogP contribution < -0.4 is 15.2 Å². The van der Waals surface area contributed by atoms with Gasteiger partial charge < -0.3 is 19.8 Å². The number of hydrogen-bond acceptors (Lipinski definition) is 3. The van der Waals surface area contributed by atoms with Gasteiger partial charge in [-0.15, -0.1) is 0 Å². The first kappa shape index (κ1) is 10.8. The van der Waals surface area contributed by atoms with Gasteiger partial charge in [0.15, 0.2) is 0 Å². The predicted octanol–water partition coefficient (Wildman–Crippen LogP) is 1.65. The molecule has 0 aliphatic carbocycles. The van der Waals surface area contributed by atoms with Gasteiger partial charge in [-0.2, -0.15) is 0 Å². The summed E-state index contributed by atoms with van der Waals surface area (Å²) in [6.45, 7) is 0.511. The molecule has 0 unspecified atom stereocenters. The largest absolute Gasteiger partial charge is 0.497 e. The number of aryl methyl sites for hydroxylation is 1. The molecule has 0 fully saturated rings. The molecule has 1 heterocycles. The molecule has 0 saturated heterocycles. The van der Waals surface area contributed by atoms with Crippen molar-refractivity contribution in [2.45, 2.75) is 6.54 Å². The molecule has 0 saturated carbocycles. The third-order valence-corrected chi connectivity index (χ3v) is 2.86. The Labute approximate surface area is 94.6 Å². The number of nitrogens with two attached hydrogens (primary N) is 1. The van der Waals surface area contributed by atoms with Gasteiger partial charge in [0.05, 0.1) is 19.7 Å². The summed E-state index contributed by atoms with van der Waals surface area (Å²) in [5.41, 5.74) is 7.82. The summed E-state index contributed by atoms with van der Waals surface area (Å²) in [6, 6.07) is 5.91. The monoisotopic (exact) mass is 220 g/mol. The Morgan fingerprint density at radius 3 is 2.50 bits per heavy atom. The maximum absolute atomic E-state index is 5.68. The highest BCUT2D eigenvalue weighted by molar-refractivity contribution is 5.89. The second-order valence-corrected chi connectivity index (χ2v) is 3.66. The summed E-state index contributed by atoms with van der Waals surface area (Å²) >= 11 is 0. The lowest BCUT2D eigenvalue weighted by Crippen LogP contribution is -2.02. The molecule has 2 aromatic rings. The number of hydrogen-bond donors (Lipinski definition) is 1. The topological polar surface area (TPSA) is 49.4 Å². The predicted molar refractivity (Wildman–Crippen MR) is 63.9 cm³/mol. The van der Waals surface area contributed by atoms with E-state index in [1.165, 1.54) is 0 Å². The van der Waals surface area contributed by atoms with Gasteiger partial charge in [-0.25, -0.2) is 0 Å². The lowest BCUT2D eigenvalue weighted by atomic mass is 10.2. The van der Waals surface area contributed by atoms with Crippen LogP contribution in [0.2, 0.25) is 0 Å². The lowest BCUT2D eigenvalue weighted by Gasteiger charge is -2.07. The second kappa shape index (κ2) is 4.06. The van der Waals surface area contributed by atoms with Gasteiger partial charge >= 0.3 is 0 Å². The van der Waals surface area contributed by atoms with Crippen molar-refractivity contribution in [2.24, 2.45) is 12.8 Å². The molecule has 2 rings (SSSR count). The highest BCUT2D eigenvalue weighted by Gasteiger charge is 2.11. The standard InChI is InChI=1S/C12H16N2O2/c1-14-8(7-13)4-10-11(14)5-9(15-2)6-12(10)16-3/h4-6H,7,13H2,1-3H3. The maximum atomic E-state index is 5.68. The molecule has 0 spiro atoms. The summed E-state index contributed by atoms with van der Waals surface area (Å²) in [4.78, 5) is 0. The third kappa shape index (κ3) is 1.51.